The Morgan fingerprint density at radius 2 is 1.38 bits per heavy atom. The van der Waals surface area contributed by atoms with Crippen LogP contribution in [0, 0.1) is 0 Å². The number of unbranched alkanes of at least 4 members (excludes halogenated alkanes) is 15. The van der Waals surface area contributed by atoms with Crippen LogP contribution < -0.4 is 0 Å². The Hall–Kier alpha value is -1.16. The van der Waals surface area contributed by atoms with E-state index in [1.807, 2.05) is 0 Å². The molecule has 47 heavy (non-hydrogen) atoms. The Kier molecular flexibility index (Phi) is 25.8. The van der Waals surface area contributed by atoms with Gasteiger partial charge in [0.25, 0.3) is 0 Å². The smallest absolute Gasteiger partial charge is 0.397 e. The fraction of sp³-hybridized carbons (Fsp3) is 0.912. The molecule has 0 aromatic rings. The van der Waals surface area contributed by atoms with Crippen LogP contribution in [0.5, 0.6) is 0 Å². The minimum Gasteiger partial charge on any atom is -0.457 e. The molecule has 13 heteroatoms. The lowest BCUT2D eigenvalue weighted by Gasteiger charge is -2.41. The Labute approximate surface area is 283 Å². The summed E-state index contributed by atoms with van der Waals surface area (Å²) in [5.74, 6) is -0.406. The molecule has 4 N–H and O–H groups in total. The number of aliphatic hydroxyl groups excluding tert-OH is 3. The molecule has 1 aliphatic heterocycles. The molecule has 0 amide bonds. The lowest BCUT2D eigenvalue weighted by Crippen LogP contribution is -2.60. The summed E-state index contributed by atoms with van der Waals surface area (Å²) in [5, 5.41) is 30.4. The number of hydrogen-bond acceptors (Lipinski definition) is 11. The number of carbonyl (C=O) groups excluding carboxylic acids is 1. The van der Waals surface area contributed by atoms with Gasteiger partial charge >= 0.3 is 16.4 Å². The highest BCUT2D eigenvalue weighted by atomic mass is 32.3. The minimum absolute atomic E-state index is 0.0351. The van der Waals surface area contributed by atoms with Gasteiger partial charge in [0.15, 0.2) is 6.29 Å². The number of aliphatic hydroxyl groups is 3. The van der Waals surface area contributed by atoms with Crippen LogP contribution in [0.2, 0.25) is 0 Å². The van der Waals surface area contributed by atoms with Gasteiger partial charge in [-0.2, -0.15) is 8.42 Å². The predicted molar refractivity (Wildman–Crippen MR) is 179 cm³/mol. The molecule has 1 rings (SSSR count). The van der Waals surface area contributed by atoms with E-state index in [1.54, 1.807) is 0 Å². The van der Waals surface area contributed by atoms with E-state index in [4.69, 9.17) is 23.5 Å². The van der Waals surface area contributed by atoms with E-state index in [0.29, 0.717) is 13.0 Å². The second-order valence-corrected chi connectivity index (χ2v) is 13.5. The lowest BCUT2D eigenvalue weighted by atomic mass is 9.99. The number of ether oxygens (including phenoxy) is 4. The molecule has 278 valence electrons. The summed E-state index contributed by atoms with van der Waals surface area (Å²) in [5.41, 5.74) is 0. The maximum Gasteiger partial charge on any atom is 0.397 e. The highest BCUT2D eigenvalue weighted by Gasteiger charge is 2.48. The molecule has 1 aliphatic rings. The molecule has 0 radical (unpaired) electrons. The van der Waals surface area contributed by atoms with Crippen molar-refractivity contribution in [3.63, 3.8) is 0 Å². The normalized spacial score (nSPS) is 22.6. The SMILES string of the molecule is CCC/C=C\CCCCCCCCOCC(COC1OC(CO)C(O)C(OS(=O)(=O)O)C1O)OC(=O)CCCCCCCCCCC. The molecule has 1 heterocycles. The molecule has 6 unspecified atom stereocenters. The van der Waals surface area contributed by atoms with Crippen molar-refractivity contribution in [3.8, 4) is 0 Å². The molecule has 0 saturated carbocycles. The van der Waals surface area contributed by atoms with Crippen LogP contribution >= 0.6 is 0 Å². The lowest BCUT2D eigenvalue weighted by molar-refractivity contribution is -0.301. The molecule has 0 aromatic carbocycles. The van der Waals surface area contributed by atoms with Crippen molar-refractivity contribution in [2.75, 3.05) is 26.4 Å². The first-order chi connectivity index (χ1) is 22.6. The van der Waals surface area contributed by atoms with Crippen LogP contribution in [0.4, 0.5) is 0 Å². The monoisotopic (exact) mass is 696 g/mol. The fourth-order valence-electron chi connectivity index (χ4n) is 5.38. The summed E-state index contributed by atoms with van der Waals surface area (Å²) >= 11 is 0. The molecule has 0 spiro atoms. The average molecular weight is 697 g/mol. The highest BCUT2D eigenvalue weighted by Crippen LogP contribution is 2.26. The van der Waals surface area contributed by atoms with Gasteiger partial charge in [0, 0.05) is 13.0 Å². The second-order valence-electron chi connectivity index (χ2n) is 12.5. The summed E-state index contributed by atoms with van der Waals surface area (Å²) in [6, 6.07) is 0. The van der Waals surface area contributed by atoms with Gasteiger partial charge in [-0.25, -0.2) is 4.18 Å². The van der Waals surface area contributed by atoms with E-state index in [9.17, 15) is 28.5 Å². The van der Waals surface area contributed by atoms with Crippen LogP contribution in [0.3, 0.4) is 0 Å². The van der Waals surface area contributed by atoms with Crippen molar-refractivity contribution in [2.45, 2.75) is 173 Å². The zero-order valence-electron chi connectivity index (χ0n) is 28.8. The zero-order chi connectivity index (χ0) is 34.8. The van der Waals surface area contributed by atoms with Crippen molar-refractivity contribution in [3.05, 3.63) is 12.2 Å². The Morgan fingerprint density at radius 3 is 2.00 bits per heavy atom. The van der Waals surface area contributed by atoms with Crippen LogP contribution in [-0.4, -0.2) is 97.5 Å². The van der Waals surface area contributed by atoms with E-state index in [2.05, 4.69) is 30.2 Å². The Bertz CT molecular complexity index is 900. The largest absolute Gasteiger partial charge is 0.457 e. The average Bonchev–Trinajstić information content (AvgIpc) is 3.03. The number of esters is 1. The van der Waals surface area contributed by atoms with Crippen LogP contribution in [0.1, 0.15) is 136 Å². The zero-order valence-corrected chi connectivity index (χ0v) is 29.7. The van der Waals surface area contributed by atoms with Gasteiger partial charge in [-0.05, 0) is 32.1 Å². The molecule has 1 fully saturated rings. The third-order valence-electron chi connectivity index (χ3n) is 8.12. The van der Waals surface area contributed by atoms with Crippen molar-refractivity contribution in [1.29, 1.82) is 0 Å². The van der Waals surface area contributed by atoms with E-state index < -0.39 is 59.8 Å². The van der Waals surface area contributed by atoms with Crippen molar-refractivity contribution >= 4 is 16.4 Å². The quantitative estimate of drug-likeness (QED) is 0.0318. The third kappa shape index (κ3) is 22.2. The van der Waals surface area contributed by atoms with E-state index in [0.717, 1.165) is 51.4 Å². The number of allylic oxidation sites excluding steroid dienone is 2. The summed E-state index contributed by atoms with van der Waals surface area (Å²) in [6.45, 7) is 3.86. The van der Waals surface area contributed by atoms with Gasteiger partial charge in [0.05, 0.1) is 19.8 Å². The van der Waals surface area contributed by atoms with Crippen LogP contribution in [-0.2, 0) is 38.3 Å². The van der Waals surface area contributed by atoms with Crippen molar-refractivity contribution in [1.82, 2.24) is 0 Å². The van der Waals surface area contributed by atoms with Gasteiger partial charge in [0.1, 0.15) is 30.5 Å². The van der Waals surface area contributed by atoms with Crippen LogP contribution in [0.15, 0.2) is 12.2 Å². The van der Waals surface area contributed by atoms with E-state index >= 15 is 0 Å². The van der Waals surface area contributed by atoms with E-state index in [1.165, 1.54) is 57.8 Å². The number of rotatable bonds is 30. The molecular weight excluding hydrogens is 632 g/mol. The molecule has 6 atom stereocenters. The highest BCUT2D eigenvalue weighted by molar-refractivity contribution is 7.80. The van der Waals surface area contributed by atoms with Crippen molar-refractivity contribution < 1.29 is 56.2 Å². The Balaban J connectivity index is 2.55. The summed E-state index contributed by atoms with van der Waals surface area (Å²) < 4.78 is 58.5. The molecule has 0 bridgehead atoms. The van der Waals surface area contributed by atoms with E-state index in [-0.39, 0.29) is 19.6 Å². The fourth-order valence-corrected chi connectivity index (χ4v) is 5.89. The van der Waals surface area contributed by atoms with Gasteiger partial charge in [-0.3, -0.25) is 9.35 Å². The summed E-state index contributed by atoms with van der Waals surface area (Å²) in [7, 11) is -5.05. The first-order valence-corrected chi connectivity index (χ1v) is 19.3. The third-order valence-corrected chi connectivity index (χ3v) is 8.58. The minimum atomic E-state index is -5.05. The van der Waals surface area contributed by atoms with Gasteiger partial charge in [-0.1, -0.05) is 109 Å². The molecular formula is C34H64O12S. The molecule has 12 nitrogen and oxygen atoms in total. The number of hydrogen-bond donors (Lipinski definition) is 4. The molecule has 1 saturated heterocycles. The van der Waals surface area contributed by atoms with Gasteiger partial charge < -0.3 is 34.3 Å². The maximum absolute atomic E-state index is 12.7. The maximum atomic E-state index is 12.7. The Morgan fingerprint density at radius 1 is 0.787 bits per heavy atom. The first kappa shape index (κ1) is 43.9. The predicted octanol–water partition coefficient (Wildman–Crippen LogP) is 5.57. The number of carbonyl (C=O) groups is 1. The standard InChI is InChI=1S/C34H64O12S/c1-3-5-7-9-11-13-14-16-18-20-22-24-42-26-28(44-30(36)23-21-19-17-15-12-10-8-6-4-2)27-43-34-32(38)33(46-47(39,40)41)31(37)29(25-35)45-34/h7,9,28-29,31-35,37-38H,3-6,8,10-27H2,1-2H3,(H,39,40,41)/b9-7-. The van der Waals surface area contributed by atoms with Crippen LogP contribution in [0.25, 0.3) is 0 Å². The summed E-state index contributed by atoms with van der Waals surface area (Å²) in [4.78, 5) is 12.7. The first-order valence-electron chi connectivity index (χ1n) is 17.9. The van der Waals surface area contributed by atoms with Crippen molar-refractivity contribution in [2.24, 2.45) is 0 Å². The topological polar surface area (TPSA) is 178 Å². The molecule has 0 aromatic heterocycles. The van der Waals surface area contributed by atoms with Gasteiger partial charge in [0.2, 0.25) is 0 Å². The second kappa shape index (κ2) is 27.6. The molecule has 0 aliphatic carbocycles. The summed E-state index contributed by atoms with van der Waals surface area (Å²) in [6.07, 6.45) is 15.6. The van der Waals surface area contributed by atoms with Gasteiger partial charge in [-0.15, -0.1) is 0 Å².